The second-order valence-corrected chi connectivity index (χ2v) is 9.97. The molecule has 0 unspecified atom stereocenters. The number of hydrogen-bond acceptors (Lipinski definition) is 8. The highest BCUT2D eigenvalue weighted by molar-refractivity contribution is 6.10. The van der Waals surface area contributed by atoms with Crippen LogP contribution < -0.4 is 9.64 Å². The Morgan fingerprint density at radius 1 is 0.917 bits per heavy atom. The van der Waals surface area contributed by atoms with Crippen LogP contribution in [0.25, 0.3) is 10.8 Å². The predicted octanol–water partition coefficient (Wildman–Crippen LogP) is 6.40. The van der Waals surface area contributed by atoms with Crippen molar-refractivity contribution < 1.29 is 28.7 Å². The molecular formula is C26H29N3O7. The number of pyridine rings is 1. The van der Waals surface area contributed by atoms with Crippen molar-refractivity contribution in [2.24, 2.45) is 0 Å². The van der Waals surface area contributed by atoms with Crippen LogP contribution >= 0.6 is 0 Å². The van der Waals surface area contributed by atoms with Gasteiger partial charge < -0.3 is 14.2 Å². The van der Waals surface area contributed by atoms with E-state index in [1.54, 1.807) is 71.9 Å². The summed E-state index contributed by atoms with van der Waals surface area (Å²) in [5.41, 5.74) is -1.19. The van der Waals surface area contributed by atoms with Gasteiger partial charge in [-0.05, 0) is 59.7 Å². The Morgan fingerprint density at radius 2 is 1.50 bits per heavy atom. The number of carbonyl (C=O) groups is 2. The van der Waals surface area contributed by atoms with Crippen LogP contribution in [0.15, 0.2) is 54.9 Å². The number of imide groups is 1. The van der Waals surface area contributed by atoms with Crippen molar-refractivity contribution in [2.45, 2.75) is 59.4 Å². The van der Waals surface area contributed by atoms with E-state index in [1.807, 2.05) is 0 Å². The van der Waals surface area contributed by atoms with Gasteiger partial charge in [0.25, 0.3) is 5.69 Å². The number of aromatic nitrogens is 1. The zero-order valence-electron chi connectivity index (χ0n) is 21.1. The van der Waals surface area contributed by atoms with Crippen LogP contribution in [0.2, 0.25) is 0 Å². The van der Waals surface area contributed by atoms with Crippen molar-refractivity contribution in [1.29, 1.82) is 0 Å². The molecule has 2 amide bonds. The Bertz CT molecular complexity index is 1260. The maximum atomic E-state index is 13.1. The van der Waals surface area contributed by atoms with Gasteiger partial charge in [0.1, 0.15) is 23.6 Å². The molecule has 10 heteroatoms. The summed E-state index contributed by atoms with van der Waals surface area (Å²) in [6.45, 7) is 10.0. The van der Waals surface area contributed by atoms with Crippen molar-refractivity contribution in [3.63, 3.8) is 0 Å². The van der Waals surface area contributed by atoms with Gasteiger partial charge in [-0.3, -0.25) is 15.1 Å². The summed E-state index contributed by atoms with van der Waals surface area (Å²) in [4.78, 5) is 41.9. The molecule has 3 aromatic rings. The summed E-state index contributed by atoms with van der Waals surface area (Å²) in [6.07, 6.45) is 0.998. The third-order valence-electron chi connectivity index (χ3n) is 4.72. The zero-order valence-corrected chi connectivity index (χ0v) is 21.1. The minimum Gasteiger partial charge on any atom is -0.488 e. The van der Waals surface area contributed by atoms with Crippen LogP contribution in [-0.2, 0) is 16.1 Å². The van der Waals surface area contributed by atoms with Crippen molar-refractivity contribution >= 4 is 34.3 Å². The lowest BCUT2D eigenvalue weighted by Crippen LogP contribution is -2.44. The normalized spacial score (nSPS) is 11.6. The molecule has 0 atom stereocenters. The van der Waals surface area contributed by atoms with Gasteiger partial charge in [0.15, 0.2) is 0 Å². The molecule has 0 saturated carbocycles. The third kappa shape index (κ3) is 6.47. The monoisotopic (exact) mass is 495 g/mol. The number of hydrogen-bond donors (Lipinski definition) is 0. The topological polar surface area (TPSA) is 121 Å². The summed E-state index contributed by atoms with van der Waals surface area (Å²) in [6, 6.07) is 11.3. The quantitative estimate of drug-likeness (QED) is 0.294. The minimum absolute atomic E-state index is 0.0384. The number of benzene rings is 2. The first kappa shape index (κ1) is 26.4. The van der Waals surface area contributed by atoms with E-state index < -0.39 is 28.3 Å². The number of non-ortho nitro benzene ring substituents is 1. The molecule has 0 saturated heterocycles. The molecule has 0 N–H and O–H groups in total. The molecule has 1 aromatic heterocycles. The van der Waals surface area contributed by atoms with E-state index in [2.05, 4.69) is 4.98 Å². The van der Waals surface area contributed by atoms with E-state index in [1.165, 1.54) is 24.5 Å². The minimum atomic E-state index is -0.924. The zero-order chi connectivity index (χ0) is 26.7. The maximum Gasteiger partial charge on any atom is 0.424 e. The number of amides is 2. The number of carbonyl (C=O) groups excluding carboxylic acids is 2. The van der Waals surface area contributed by atoms with Gasteiger partial charge >= 0.3 is 12.2 Å². The number of fused-ring (bicyclic) bond motifs is 1. The molecule has 0 aliphatic carbocycles. The highest BCUT2D eigenvalue weighted by atomic mass is 16.6. The lowest BCUT2D eigenvalue weighted by Gasteiger charge is -2.29. The predicted molar refractivity (Wildman–Crippen MR) is 134 cm³/mol. The van der Waals surface area contributed by atoms with Gasteiger partial charge in [0.05, 0.1) is 22.2 Å². The van der Waals surface area contributed by atoms with E-state index >= 15 is 0 Å². The fourth-order valence-electron chi connectivity index (χ4n) is 3.32. The van der Waals surface area contributed by atoms with E-state index in [0.717, 1.165) is 4.90 Å². The Balaban J connectivity index is 1.98. The van der Waals surface area contributed by atoms with Crippen LogP contribution in [0.1, 0.15) is 47.1 Å². The van der Waals surface area contributed by atoms with Crippen LogP contribution in [-0.4, -0.2) is 33.3 Å². The number of anilines is 1. The fourth-order valence-corrected chi connectivity index (χ4v) is 3.32. The highest BCUT2D eigenvalue weighted by Crippen LogP contribution is 2.34. The molecule has 0 aliphatic heterocycles. The molecule has 2 aromatic carbocycles. The van der Waals surface area contributed by atoms with Gasteiger partial charge in [-0.25, -0.2) is 9.59 Å². The highest BCUT2D eigenvalue weighted by Gasteiger charge is 2.34. The largest absolute Gasteiger partial charge is 0.488 e. The number of nitrogens with zero attached hydrogens (tertiary/aromatic N) is 3. The number of nitro groups is 1. The first-order valence-electron chi connectivity index (χ1n) is 11.2. The smallest absolute Gasteiger partial charge is 0.424 e. The Labute approximate surface area is 208 Å². The Kier molecular flexibility index (Phi) is 7.47. The number of ether oxygens (including phenoxy) is 3. The molecule has 3 rings (SSSR count). The van der Waals surface area contributed by atoms with Gasteiger partial charge in [-0.2, -0.15) is 4.90 Å². The third-order valence-corrected chi connectivity index (χ3v) is 4.72. The number of rotatable bonds is 5. The summed E-state index contributed by atoms with van der Waals surface area (Å²) >= 11 is 0. The van der Waals surface area contributed by atoms with E-state index in [-0.39, 0.29) is 18.0 Å². The van der Waals surface area contributed by atoms with Gasteiger partial charge in [-0.1, -0.05) is 18.2 Å². The molecular weight excluding hydrogens is 466 g/mol. The van der Waals surface area contributed by atoms with Crippen LogP contribution in [0.5, 0.6) is 5.75 Å². The van der Waals surface area contributed by atoms with Gasteiger partial charge in [-0.15, -0.1) is 0 Å². The van der Waals surface area contributed by atoms with Crippen LogP contribution in [0.4, 0.5) is 21.0 Å². The van der Waals surface area contributed by atoms with Gasteiger partial charge in [0.2, 0.25) is 0 Å². The lowest BCUT2D eigenvalue weighted by atomic mass is 10.1. The van der Waals surface area contributed by atoms with Crippen molar-refractivity contribution in [3.05, 3.63) is 70.5 Å². The fraction of sp³-hybridized carbons (Fsp3) is 0.346. The Morgan fingerprint density at radius 3 is 2.06 bits per heavy atom. The molecule has 190 valence electrons. The molecule has 36 heavy (non-hydrogen) atoms. The summed E-state index contributed by atoms with van der Waals surface area (Å²) in [5, 5.41) is 12.4. The average Bonchev–Trinajstić information content (AvgIpc) is 2.75. The molecule has 10 nitrogen and oxygen atoms in total. The first-order chi connectivity index (χ1) is 16.8. The molecule has 1 heterocycles. The lowest BCUT2D eigenvalue weighted by molar-refractivity contribution is -0.383. The number of nitro benzene ring substituents is 1. The Hall–Kier alpha value is -4.21. The van der Waals surface area contributed by atoms with Crippen molar-refractivity contribution in [2.75, 3.05) is 4.90 Å². The standard InChI is InChI=1S/C26H29N3O7/c1-25(2,3)35-23(30)28(24(31)36-26(4,5)6)21-15-27-14-13-17(21)16-34-22-12-11-20(29(32)33)18-9-7-8-10-19(18)22/h7-15H,16H2,1-6H3. The summed E-state index contributed by atoms with van der Waals surface area (Å²) < 4.78 is 16.9. The molecule has 0 spiro atoms. The van der Waals surface area contributed by atoms with Crippen LogP contribution in [0.3, 0.4) is 0 Å². The average molecular weight is 496 g/mol. The van der Waals surface area contributed by atoms with E-state index in [0.29, 0.717) is 22.1 Å². The summed E-state index contributed by atoms with van der Waals surface area (Å²) in [5.74, 6) is 0.403. The second-order valence-electron chi connectivity index (χ2n) is 9.97. The van der Waals surface area contributed by atoms with Crippen LogP contribution in [0, 0.1) is 10.1 Å². The van der Waals surface area contributed by atoms with Gasteiger partial charge in [0, 0.05) is 23.2 Å². The molecule has 0 aliphatic rings. The molecule has 0 fully saturated rings. The van der Waals surface area contributed by atoms with E-state index in [9.17, 15) is 19.7 Å². The van der Waals surface area contributed by atoms with Crippen molar-refractivity contribution in [3.8, 4) is 5.75 Å². The second kappa shape index (κ2) is 10.2. The molecule has 0 radical (unpaired) electrons. The summed E-state index contributed by atoms with van der Waals surface area (Å²) in [7, 11) is 0. The SMILES string of the molecule is CC(C)(C)OC(=O)N(C(=O)OC(C)(C)C)c1cnccc1COc1ccc([N+](=O)[O-])c2ccccc12. The van der Waals surface area contributed by atoms with Crippen molar-refractivity contribution in [1.82, 2.24) is 4.98 Å². The van der Waals surface area contributed by atoms with E-state index in [4.69, 9.17) is 14.2 Å². The maximum absolute atomic E-state index is 13.1. The molecule has 0 bridgehead atoms. The first-order valence-corrected chi connectivity index (χ1v) is 11.2.